The molecule has 1 aromatic carbocycles. The quantitative estimate of drug-likeness (QED) is 0.470. The molecule has 0 heterocycles. The van der Waals surface area contributed by atoms with Crippen LogP contribution in [0.2, 0.25) is 0 Å². The van der Waals surface area contributed by atoms with Crippen LogP contribution in [0.15, 0.2) is 24.3 Å². The molecule has 1 aromatic rings. The van der Waals surface area contributed by atoms with Crippen molar-refractivity contribution in [2.45, 2.75) is 51.9 Å². The molecular formula is C16H24ClNO. The summed E-state index contributed by atoms with van der Waals surface area (Å²) in [6.07, 6.45) is 9.23. The lowest BCUT2D eigenvalue weighted by Gasteiger charge is -2.06. The summed E-state index contributed by atoms with van der Waals surface area (Å²) in [5, 5.41) is 2.95. The van der Waals surface area contributed by atoms with E-state index in [-0.39, 0.29) is 0 Å². The van der Waals surface area contributed by atoms with Crippen LogP contribution >= 0.6 is 11.6 Å². The van der Waals surface area contributed by atoms with Gasteiger partial charge in [0.05, 0.1) is 0 Å². The molecule has 0 bridgehead atoms. The van der Waals surface area contributed by atoms with Crippen molar-refractivity contribution in [2.75, 3.05) is 11.9 Å². The summed E-state index contributed by atoms with van der Waals surface area (Å²) in [4.78, 5) is 10.9. The molecule has 19 heavy (non-hydrogen) atoms. The van der Waals surface area contributed by atoms with Crippen molar-refractivity contribution < 1.29 is 4.79 Å². The van der Waals surface area contributed by atoms with Gasteiger partial charge in [0.25, 0.3) is 5.24 Å². The summed E-state index contributed by atoms with van der Waals surface area (Å²) in [6.45, 7) is 3.23. The first-order valence-corrected chi connectivity index (χ1v) is 7.65. The molecule has 106 valence electrons. The highest BCUT2D eigenvalue weighted by Gasteiger charge is 2.00. The molecule has 2 nitrogen and oxygen atoms in total. The van der Waals surface area contributed by atoms with Crippen LogP contribution in [0.4, 0.5) is 5.69 Å². The van der Waals surface area contributed by atoms with Gasteiger partial charge in [-0.3, -0.25) is 4.79 Å². The van der Waals surface area contributed by atoms with Crippen LogP contribution in [-0.2, 0) is 0 Å². The molecule has 0 aliphatic carbocycles. The van der Waals surface area contributed by atoms with E-state index in [4.69, 9.17) is 11.6 Å². The highest BCUT2D eigenvalue weighted by atomic mass is 35.5. The van der Waals surface area contributed by atoms with Gasteiger partial charge < -0.3 is 5.32 Å². The van der Waals surface area contributed by atoms with Gasteiger partial charge in [0, 0.05) is 17.8 Å². The summed E-state index contributed by atoms with van der Waals surface area (Å²) >= 11 is 5.39. The number of carbonyl (C=O) groups excluding carboxylic acids is 1. The molecule has 3 heteroatoms. The fourth-order valence-electron chi connectivity index (χ4n) is 2.03. The monoisotopic (exact) mass is 281 g/mol. The first-order chi connectivity index (χ1) is 9.24. The first kappa shape index (κ1) is 16.0. The SMILES string of the molecule is CCCCCCCCCNc1ccc(C(=O)Cl)cc1. The molecule has 0 saturated heterocycles. The van der Waals surface area contributed by atoms with E-state index >= 15 is 0 Å². The topological polar surface area (TPSA) is 29.1 Å². The fraction of sp³-hybridized carbons (Fsp3) is 0.562. The van der Waals surface area contributed by atoms with E-state index < -0.39 is 5.24 Å². The molecule has 0 saturated carbocycles. The summed E-state index contributed by atoms with van der Waals surface area (Å²) in [5.41, 5.74) is 1.59. The van der Waals surface area contributed by atoms with Crippen molar-refractivity contribution >= 4 is 22.5 Å². The largest absolute Gasteiger partial charge is 0.385 e. The normalized spacial score (nSPS) is 10.4. The number of hydrogen-bond acceptors (Lipinski definition) is 2. The first-order valence-electron chi connectivity index (χ1n) is 7.28. The number of rotatable bonds is 10. The van der Waals surface area contributed by atoms with Gasteiger partial charge in [-0.2, -0.15) is 0 Å². The number of halogens is 1. The molecule has 0 amide bonds. The number of unbranched alkanes of at least 4 members (excludes halogenated alkanes) is 6. The Morgan fingerprint density at radius 3 is 2.16 bits per heavy atom. The van der Waals surface area contributed by atoms with Crippen molar-refractivity contribution in [1.29, 1.82) is 0 Å². The van der Waals surface area contributed by atoms with Crippen molar-refractivity contribution in [2.24, 2.45) is 0 Å². The lowest BCUT2D eigenvalue weighted by molar-refractivity contribution is 0.108. The highest BCUT2D eigenvalue weighted by Crippen LogP contribution is 2.12. The van der Waals surface area contributed by atoms with E-state index in [2.05, 4.69) is 12.2 Å². The molecule has 0 fully saturated rings. The highest BCUT2D eigenvalue weighted by molar-refractivity contribution is 6.67. The number of carbonyl (C=O) groups is 1. The molecule has 1 N–H and O–H groups in total. The van der Waals surface area contributed by atoms with Gasteiger partial charge in [-0.15, -0.1) is 0 Å². The predicted octanol–water partition coefficient (Wildman–Crippen LogP) is 5.23. The van der Waals surface area contributed by atoms with Gasteiger partial charge in [0.1, 0.15) is 0 Å². The van der Waals surface area contributed by atoms with E-state index in [1.54, 1.807) is 12.1 Å². The molecule has 0 radical (unpaired) electrons. The zero-order chi connectivity index (χ0) is 13.9. The maximum Gasteiger partial charge on any atom is 0.252 e. The summed E-state index contributed by atoms with van der Waals surface area (Å²) < 4.78 is 0. The van der Waals surface area contributed by atoms with Crippen molar-refractivity contribution in [3.63, 3.8) is 0 Å². The fourth-order valence-corrected chi connectivity index (χ4v) is 2.16. The van der Waals surface area contributed by atoms with E-state index in [0.717, 1.165) is 12.2 Å². The molecule has 0 aromatic heterocycles. The zero-order valence-electron chi connectivity index (χ0n) is 11.8. The minimum atomic E-state index is -0.404. The third kappa shape index (κ3) is 7.22. The number of nitrogens with one attached hydrogen (secondary N) is 1. The smallest absolute Gasteiger partial charge is 0.252 e. The van der Waals surface area contributed by atoms with Crippen LogP contribution in [0.5, 0.6) is 0 Å². The Labute approximate surface area is 121 Å². The van der Waals surface area contributed by atoms with Crippen molar-refractivity contribution in [3.05, 3.63) is 29.8 Å². The number of anilines is 1. The average molecular weight is 282 g/mol. The van der Waals surface area contributed by atoms with Crippen LogP contribution in [0.25, 0.3) is 0 Å². The Morgan fingerprint density at radius 1 is 1.00 bits per heavy atom. The number of hydrogen-bond donors (Lipinski definition) is 1. The van der Waals surface area contributed by atoms with E-state index in [1.165, 1.54) is 44.9 Å². The molecule has 0 aliphatic heterocycles. The molecule has 0 aliphatic rings. The average Bonchev–Trinajstić information content (AvgIpc) is 2.42. The lowest BCUT2D eigenvalue weighted by Crippen LogP contribution is -2.01. The van der Waals surface area contributed by atoms with Crippen LogP contribution in [0, 0.1) is 0 Å². The van der Waals surface area contributed by atoms with Gasteiger partial charge in [0.2, 0.25) is 0 Å². The second kappa shape index (κ2) is 9.85. The Balaban J connectivity index is 2.07. The zero-order valence-corrected chi connectivity index (χ0v) is 12.5. The maximum absolute atomic E-state index is 10.9. The third-order valence-corrected chi connectivity index (χ3v) is 3.44. The van der Waals surface area contributed by atoms with Crippen LogP contribution in [0.3, 0.4) is 0 Å². The lowest BCUT2D eigenvalue weighted by atomic mass is 10.1. The predicted molar refractivity (Wildman–Crippen MR) is 83.1 cm³/mol. The van der Waals surface area contributed by atoms with Crippen LogP contribution in [0.1, 0.15) is 62.2 Å². The summed E-state index contributed by atoms with van der Waals surface area (Å²) in [6, 6.07) is 7.30. The van der Waals surface area contributed by atoms with Gasteiger partial charge in [0.15, 0.2) is 0 Å². The van der Waals surface area contributed by atoms with Gasteiger partial charge in [-0.25, -0.2) is 0 Å². The maximum atomic E-state index is 10.9. The van der Waals surface area contributed by atoms with Crippen LogP contribution < -0.4 is 5.32 Å². The Morgan fingerprint density at radius 2 is 1.58 bits per heavy atom. The third-order valence-electron chi connectivity index (χ3n) is 3.22. The molecule has 0 spiro atoms. The van der Waals surface area contributed by atoms with E-state index in [1.807, 2.05) is 12.1 Å². The Hall–Kier alpha value is -1.02. The summed E-state index contributed by atoms with van der Waals surface area (Å²) in [5.74, 6) is 0. The minimum absolute atomic E-state index is 0.404. The van der Waals surface area contributed by atoms with Gasteiger partial charge in [-0.05, 0) is 42.3 Å². The van der Waals surface area contributed by atoms with Gasteiger partial charge >= 0.3 is 0 Å². The Bertz CT molecular complexity index is 362. The molecule has 1 rings (SSSR count). The van der Waals surface area contributed by atoms with Crippen LogP contribution in [-0.4, -0.2) is 11.8 Å². The Kier molecular flexibility index (Phi) is 8.31. The van der Waals surface area contributed by atoms with Crippen molar-refractivity contribution in [1.82, 2.24) is 0 Å². The van der Waals surface area contributed by atoms with Crippen molar-refractivity contribution in [3.8, 4) is 0 Å². The second-order valence-corrected chi connectivity index (χ2v) is 5.24. The second-order valence-electron chi connectivity index (χ2n) is 4.90. The molecular weight excluding hydrogens is 258 g/mol. The van der Waals surface area contributed by atoms with E-state index in [0.29, 0.717) is 5.56 Å². The summed E-state index contributed by atoms with van der Waals surface area (Å²) in [7, 11) is 0. The van der Waals surface area contributed by atoms with Gasteiger partial charge in [-0.1, -0.05) is 45.4 Å². The standard InChI is InChI=1S/C16H24ClNO/c1-2-3-4-5-6-7-8-13-18-15-11-9-14(10-12-15)16(17)19/h9-12,18H,2-8,13H2,1H3. The minimum Gasteiger partial charge on any atom is -0.385 e. The molecule has 0 atom stereocenters. The number of benzene rings is 1. The molecule has 0 unspecified atom stereocenters. The van der Waals surface area contributed by atoms with E-state index in [9.17, 15) is 4.79 Å².